The molecule has 0 bridgehead atoms. The normalized spacial score (nSPS) is 10.4. The molecule has 2 N–H and O–H groups in total. The molecule has 0 radical (unpaired) electrons. The van der Waals surface area contributed by atoms with Crippen LogP contribution in [0.5, 0.6) is 0 Å². The largest absolute Gasteiger partial charge is 0.238 e. The van der Waals surface area contributed by atoms with E-state index in [9.17, 15) is 8.42 Å². The van der Waals surface area contributed by atoms with Crippen molar-refractivity contribution in [2.45, 2.75) is 11.8 Å². The smallest absolute Gasteiger partial charge is 0.225 e. The lowest BCUT2D eigenvalue weighted by Crippen LogP contribution is -2.14. The summed E-state index contributed by atoms with van der Waals surface area (Å²) in [4.78, 5) is -0.127. The summed E-state index contributed by atoms with van der Waals surface area (Å²) in [5.41, 5.74) is 0.502. The molecule has 5 nitrogen and oxygen atoms in total. The Morgan fingerprint density at radius 2 is 1.67 bits per heavy atom. The quantitative estimate of drug-likeness (QED) is 0.739. The van der Waals surface area contributed by atoms with E-state index < -0.39 is 10.0 Å². The Bertz CT molecular complexity index is 591. The van der Waals surface area contributed by atoms with Crippen molar-refractivity contribution < 1.29 is 8.42 Å². The van der Waals surface area contributed by atoms with Crippen LogP contribution in [0.2, 0.25) is 0 Å². The Kier molecular flexibility index (Phi) is 2.76. The molecular weight excluding hydrogens is 214 g/mol. The number of rotatable bonds is 1. The summed E-state index contributed by atoms with van der Waals surface area (Å²) in [7, 11) is -3.85. The van der Waals surface area contributed by atoms with Gasteiger partial charge in [-0.3, -0.25) is 0 Å². The molecule has 0 spiro atoms. The van der Waals surface area contributed by atoms with E-state index >= 15 is 0 Å². The van der Waals surface area contributed by atoms with Crippen LogP contribution in [0.15, 0.2) is 17.0 Å². The molecule has 1 rings (SSSR count). The minimum atomic E-state index is -3.85. The number of sulfonamides is 1. The third kappa shape index (κ3) is 2.13. The van der Waals surface area contributed by atoms with E-state index in [0.717, 1.165) is 6.07 Å². The minimum absolute atomic E-state index is 0.00660. The molecule has 0 saturated heterocycles. The first-order chi connectivity index (χ1) is 6.90. The SMILES string of the molecule is Cc1cc(C#N)c(C#N)cc1S(N)(=O)=O. The number of nitriles is 2. The van der Waals surface area contributed by atoms with Crippen molar-refractivity contribution in [3.05, 3.63) is 28.8 Å². The third-order valence-electron chi connectivity index (χ3n) is 1.86. The molecule has 0 amide bonds. The van der Waals surface area contributed by atoms with Gasteiger partial charge >= 0.3 is 0 Å². The molecule has 1 aromatic rings. The van der Waals surface area contributed by atoms with Crippen molar-refractivity contribution in [3.63, 3.8) is 0 Å². The number of nitrogens with zero attached hydrogens (tertiary/aromatic N) is 2. The van der Waals surface area contributed by atoms with Crippen molar-refractivity contribution in [2.75, 3.05) is 0 Å². The van der Waals surface area contributed by atoms with Crippen LogP contribution in [0.4, 0.5) is 0 Å². The highest BCUT2D eigenvalue weighted by atomic mass is 32.2. The van der Waals surface area contributed by atoms with Crippen molar-refractivity contribution in [2.24, 2.45) is 5.14 Å². The van der Waals surface area contributed by atoms with Crippen molar-refractivity contribution in [1.82, 2.24) is 0 Å². The van der Waals surface area contributed by atoms with E-state index in [1.807, 2.05) is 6.07 Å². The Labute approximate surface area is 87.4 Å². The van der Waals surface area contributed by atoms with Gasteiger partial charge in [0.2, 0.25) is 10.0 Å². The van der Waals surface area contributed by atoms with Gasteiger partial charge in [0.15, 0.2) is 0 Å². The summed E-state index contributed by atoms with van der Waals surface area (Å²) < 4.78 is 22.2. The van der Waals surface area contributed by atoms with Gasteiger partial charge in [0.1, 0.15) is 12.1 Å². The standard InChI is InChI=1S/C9H7N3O2S/c1-6-2-7(4-10)8(5-11)3-9(6)15(12,13)14/h2-3H,1H3,(H2,12,13,14). The zero-order chi connectivity index (χ0) is 11.6. The van der Waals surface area contributed by atoms with Gasteiger partial charge in [-0.1, -0.05) is 0 Å². The molecule has 0 aromatic heterocycles. The molecule has 0 unspecified atom stereocenters. The molecule has 0 aliphatic heterocycles. The van der Waals surface area contributed by atoms with E-state index in [4.69, 9.17) is 15.7 Å². The van der Waals surface area contributed by atoms with E-state index in [1.54, 1.807) is 6.07 Å². The lowest BCUT2D eigenvalue weighted by molar-refractivity contribution is 0.597. The molecule has 6 heteroatoms. The van der Waals surface area contributed by atoms with Gasteiger partial charge in [0, 0.05) is 0 Å². The van der Waals surface area contributed by atoms with Gasteiger partial charge in [-0.2, -0.15) is 10.5 Å². The maximum absolute atomic E-state index is 11.1. The Hall–Kier alpha value is -1.89. The molecule has 76 valence electrons. The lowest BCUT2D eigenvalue weighted by atomic mass is 10.1. The maximum atomic E-state index is 11.1. The predicted molar refractivity (Wildman–Crippen MR) is 52.0 cm³/mol. The van der Waals surface area contributed by atoms with Crippen molar-refractivity contribution in [1.29, 1.82) is 10.5 Å². The van der Waals surface area contributed by atoms with Crippen molar-refractivity contribution >= 4 is 10.0 Å². The van der Waals surface area contributed by atoms with Crippen molar-refractivity contribution in [3.8, 4) is 12.1 Å². The van der Waals surface area contributed by atoms with Gasteiger partial charge in [0.05, 0.1) is 16.0 Å². The summed E-state index contributed by atoms with van der Waals surface area (Å²) in [5.74, 6) is 0. The molecule has 0 fully saturated rings. The summed E-state index contributed by atoms with van der Waals surface area (Å²) in [6.07, 6.45) is 0. The number of hydrogen-bond acceptors (Lipinski definition) is 4. The summed E-state index contributed by atoms with van der Waals surface area (Å²) in [5, 5.41) is 22.3. The monoisotopic (exact) mass is 221 g/mol. The highest BCUT2D eigenvalue weighted by Crippen LogP contribution is 2.18. The molecular formula is C9H7N3O2S. The average molecular weight is 221 g/mol. The summed E-state index contributed by atoms with van der Waals surface area (Å²) >= 11 is 0. The Balaban J connectivity index is 3.64. The number of aryl methyl sites for hydroxylation is 1. The zero-order valence-corrected chi connectivity index (χ0v) is 8.67. The first-order valence-corrected chi connectivity index (χ1v) is 5.42. The number of nitrogens with two attached hydrogens (primary N) is 1. The average Bonchev–Trinajstić information content (AvgIpc) is 2.15. The second-order valence-electron chi connectivity index (χ2n) is 2.93. The molecule has 0 aliphatic carbocycles. The van der Waals surface area contributed by atoms with Crippen LogP contribution in [-0.4, -0.2) is 8.42 Å². The second-order valence-corrected chi connectivity index (χ2v) is 4.46. The fourth-order valence-electron chi connectivity index (χ4n) is 1.18. The van der Waals surface area contributed by atoms with Gasteiger partial charge in [0.25, 0.3) is 0 Å². The lowest BCUT2D eigenvalue weighted by Gasteiger charge is -2.04. The second kappa shape index (κ2) is 3.70. The van der Waals surface area contributed by atoms with Crippen LogP contribution < -0.4 is 5.14 Å². The number of primary sulfonamides is 1. The van der Waals surface area contributed by atoms with Gasteiger partial charge in [-0.15, -0.1) is 0 Å². The molecule has 0 atom stereocenters. The summed E-state index contributed by atoms with van der Waals surface area (Å²) in [6.45, 7) is 1.52. The Morgan fingerprint density at radius 3 is 2.07 bits per heavy atom. The first kappa shape index (κ1) is 11.2. The topological polar surface area (TPSA) is 108 Å². The zero-order valence-electron chi connectivity index (χ0n) is 7.85. The fourth-order valence-corrected chi connectivity index (χ4v) is 1.97. The van der Waals surface area contributed by atoms with E-state index in [2.05, 4.69) is 0 Å². The van der Waals surface area contributed by atoms with Crippen LogP contribution in [0.25, 0.3) is 0 Å². The first-order valence-electron chi connectivity index (χ1n) is 3.88. The molecule has 15 heavy (non-hydrogen) atoms. The van der Waals surface area contributed by atoms with Gasteiger partial charge < -0.3 is 0 Å². The van der Waals surface area contributed by atoms with Crippen LogP contribution >= 0.6 is 0 Å². The molecule has 0 aliphatic rings. The third-order valence-corrected chi connectivity index (χ3v) is 2.92. The van der Waals surface area contributed by atoms with Gasteiger partial charge in [-0.25, -0.2) is 13.6 Å². The summed E-state index contributed by atoms with van der Waals surface area (Å²) in [6, 6.07) is 6.00. The van der Waals surface area contributed by atoms with Gasteiger partial charge in [-0.05, 0) is 24.6 Å². The highest BCUT2D eigenvalue weighted by molar-refractivity contribution is 7.89. The Morgan fingerprint density at radius 1 is 1.20 bits per heavy atom. The molecule has 0 heterocycles. The van der Waals surface area contributed by atoms with Crippen LogP contribution in [-0.2, 0) is 10.0 Å². The van der Waals surface area contributed by atoms with E-state index in [1.165, 1.54) is 13.0 Å². The van der Waals surface area contributed by atoms with E-state index in [-0.39, 0.29) is 16.0 Å². The molecule has 1 aromatic carbocycles. The van der Waals surface area contributed by atoms with Crippen LogP contribution in [0, 0.1) is 29.6 Å². The number of benzene rings is 1. The van der Waals surface area contributed by atoms with E-state index in [0.29, 0.717) is 5.56 Å². The fraction of sp³-hybridized carbons (Fsp3) is 0.111. The number of hydrogen-bond donors (Lipinski definition) is 1. The molecule has 0 saturated carbocycles. The maximum Gasteiger partial charge on any atom is 0.238 e. The minimum Gasteiger partial charge on any atom is -0.225 e. The van der Waals surface area contributed by atoms with Crippen LogP contribution in [0.3, 0.4) is 0 Å². The predicted octanol–water partition coefficient (Wildman–Crippen LogP) is 0.386. The highest BCUT2D eigenvalue weighted by Gasteiger charge is 2.15. The van der Waals surface area contributed by atoms with Crippen LogP contribution in [0.1, 0.15) is 16.7 Å².